The van der Waals surface area contributed by atoms with E-state index in [9.17, 15) is 9.50 Å². The molecule has 0 aliphatic carbocycles. The maximum atomic E-state index is 13.7. The van der Waals surface area contributed by atoms with Gasteiger partial charge in [-0.25, -0.2) is 4.39 Å². The first kappa shape index (κ1) is 15.3. The molecule has 2 aromatic rings. The van der Waals surface area contributed by atoms with Crippen molar-refractivity contribution in [3.05, 3.63) is 59.4 Å². The second-order valence-electron chi connectivity index (χ2n) is 4.72. The van der Waals surface area contributed by atoms with Crippen molar-refractivity contribution >= 4 is 0 Å². The average Bonchev–Trinajstić information content (AvgIpc) is 2.52. The molecule has 21 heavy (non-hydrogen) atoms. The number of halogens is 1. The minimum absolute atomic E-state index is 0.158. The summed E-state index contributed by atoms with van der Waals surface area (Å²) in [4.78, 5) is 0. The minimum atomic E-state index is -0.907. The SMILES string of the molecule is CCCOc1cccc(C(O)c2ccc(OC)c(F)c2)c1. The molecule has 0 aromatic heterocycles. The van der Waals surface area contributed by atoms with Crippen LogP contribution in [0.25, 0.3) is 0 Å². The van der Waals surface area contributed by atoms with Gasteiger partial charge in [0.1, 0.15) is 11.9 Å². The number of aliphatic hydroxyl groups is 1. The van der Waals surface area contributed by atoms with Crippen LogP contribution in [0.15, 0.2) is 42.5 Å². The van der Waals surface area contributed by atoms with Crippen LogP contribution in [0.2, 0.25) is 0 Å². The second kappa shape index (κ2) is 7.09. The molecule has 0 aliphatic heterocycles. The molecule has 0 bridgehead atoms. The van der Waals surface area contributed by atoms with E-state index in [1.165, 1.54) is 19.2 Å². The summed E-state index contributed by atoms with van der Waals surface area (Å²) >= 11 is 0. The van der Waals surface area contributed by atoms with Crippen molar-refractivity contribution in [2.75, 3.05) is 13.7 Å². The van der Waals surface area contributed by atoms with Crippen LogP contribution >= 0.6 is 0 Å². The first-order valence-corrected chi connectivity index (χ1v) is 6.90. The summed E-state index contributed by atoms with van der Waals surface area (Å²) in [6.07, 6.45) is 0.00630. The van der Waals surface area contributed by atoms with Crippen molar-refractivity contribution in [3.63, 3.8) is 0 Å². The Balaban J connectivity index is 2.22. The first-order chi connectivity index (χ1) is 10.2. The smallest absolute Gasteiger partial charge is 0.165 e. The van der Waals surface area contributed by atoms with Crippen LogP contribution in [-0.4, -0.2) is 18.8 Å². The van der Waals surface area contributed by atoms with Gasteiger partial charge in [0, 0.05) is 0 Å². The molecule has 0 saturated heterocycles. The van der Waals surface area contributed by atoms with E-state index < -0.39 is 11.9 Å². The summed E-state index contributed by atoms with van der Waals surface area (Å²) in [5.41, 5.74) is 1.13. The van der Waals surface area contributed by atoms with E-state index in [1.54, 1.807) is 18.2 Å². The van der Waals surface area contributed by atoms with Crippen LogP contribution in [0.4, 0.5) is 4.39 Å². The van der Waals surface area contributed by atoms with Crippen LogP contribution in [0.3, 0.4) is 0 Å². The Labute approximate surface area is 124 Å². The highest BCUT2D eigenvalue weighted by Gasteiger charge is 2.14. The molecule has 4 heteroatoms. The molecule has 1 atom stereocenters. The van der Waals surface area contributed by atoms with Gasteiger partial charge in [-0.15, -0.1) is 0 Å². The van der Waals surface area contributed by atoms with Crippen LogP contribution < -0.4 is 9.47 Å². The molecule has 1 unspecified atom stereocenters. The molecule has 0 amide bonds. The summed E-state index contributed by atoms with van der Waals surface area (Å²) in [5, 5.41) is 10.4. The lowest BCUT2D eigenvalue weighted by molar-refractivity contribution is 0.218. The molecular formula is C17H19FO3. The summed E-state index contributed by atoms with van der Waals surface area (Å²) in [7, 11) is 1.41. The van der Waals surface area contributed by atoms with Gasteiger partial charge in [0.25, 0.3) is 0 Å². The van der Waals surface area contributed by atoms with Crippen LogP contribution in [0, 0.1) is 5.82 Å². The van der Waals surface area contributed by atoms with E-state index in [0.29, 0.717) is 23.5 Å². The molecule has 0 spiro atoms. The third-order valence-electron chi connectivity index (χ3n) is 3.14. The van der Waals surface area contributed by atoms with Crippen molar-refractivity contribution in [2.24, 2.45) is 0 Å². The molecule has 0 saturated carbocycles. The standard InChI is InChI=1S/C17H19FO3/c1-3-9-21-14-6-4-5-12(10-14)17(19)13-7-8-16(20-2)15(18)11-13/h4-8,10-11,17,19H,3,9H2,1-2H3. The number of ether oxygens (including phenoxy) is 2. The van der Waals surface area contributed by atoms with Gasteiger partial charge < -0.3 is 14.6 Å². The molecule has 2 rings (SSSR count). The minimum Gasteiger partial charge on any atom is -0.494 e. The summed E-state index contributed by atoms with van der Waals surface area (Å²) in [6.45, 7) is 2.65. The molecule has 0 aliphatic rings. The van der Waals surface area contributed by atoms with E-state index in [0.717, 1.165) is 6.42 Å². The molecule has 0 fully saturated rings. The lowest BCUT2D eigenvalue weighted by Gasteiger charge is -2.14. The van der Waals surface area contributed by atoms with Gasteiger partial charge in [0.2, 0.25) is 0 Å². The Morgan fingerprint density at radius 3 is 2.57 bits per heavy atom. The molecule has 0 radical (unpaired) electrons. The number of methoxy groups -OCH3 is 1. The van der Waals surface area contributed by atoms with Gasteiger partial charge in [-0.3, -0.25) is 0 Å². The van der Waals surface area contributed by atoms with Gasteiger partial charge in [0.15, 0.2) is 11.6 Å². The van der Waals surface area contributed by atoms with Gasteiger partial charge in [-0.2, -0.15) is 0 Å². The van der Waals surface area contributed by atoms with Crippen molar-refractivity contribution in [3.8, 4) is 11.5 Å². The fourth-order valence-electron chi connectivity index (χ4n) is 2.04. The zero-order chi connectivity index (χ0) is 15.2. The van der Waals surface area contributed by atoms with E-state index in [4.69, 9.17) is 9.47 Å². The fourth-order valence-corrected chi connectivity index (χ4v) is 2.04. The number of hydrogen-bond donors (Lipinski definition) is 1. The Morgan fingerprint density at radius 2 is 1.90 bits per heavy atom. The molecule has 2 aromatic carbocycles. The van der Waals surface area contributed by atoms with Gasteiger partial charge in [0.05, 0.1) is 13.7 Å². The average molecular weight is 290 g/mol. The van der Waals surface area contributed by atoms with Crippen molar-refractivity contribution in [1.29, 1.82) is 0 Å². The highest BCUT2D eigenvalue weighted by molar-refractivity contribution is 5.38. The third-order valence-corrected chi connectivity index (χ3v) is 3.14. The van der Waals surface area contributed by atoms with Gasteiger partial charge in [-0.05, 0) is 41.8 Å². The van der Waals surface area contributed by atoms with E-state index >= 15 is 0 Å². The Kier molecular flexibility index (Phi) is 5.17. The zero-order valence-electron chi connectivity index (χ0n) is 12.2. The number of aliphatic hydroxyl groups excluding tert-OH is 1. The molecule has 3 nitrogen and oxygen atoms in total. The first-order valence-electron chi connectivity index (χ1n) is 6.90. The molecule has 0 heterocycles. The summed E-state index contributed by atoms with van der Waals surface area (Å²) in [5.74, 6) is 0.362. The number of benzene rings is 2. The molecular weight excluding hydrogens is 271 g/mol. The lowest BCUT2D eigenvalue weighted by Crippen LogP contribution is -2.02. The van der Waals surface area contributed by atoms with Crippen molar-refractivity contribution in [1.82, 2.24) is 0 Å². The van der Waals surface area contributed by atoms with Gasteiger partial charge in [-0.1, -0.05) is 25.1 Å². The molecule has 112 valence electrons. The Bertz CT molecular complexity index is 598. The number of rotatable bonds is 6. The Hall–Kier alpha value is -2.07. The van der Waals surface area contributed by atoms with E-state index in [-0.39, 0.29) is 5.75 Å². The van der Waals surface area contributed by atoms with Crippen LogP contribution in [0.5, 0.6) is 11.5 Å². The van der Waals surface area contributed by atoms with Crippen molar-refractivity contribution in [2.45, 2.75) is 19.4 Å². The van der Waals surface area contributed by atoms with Crippen LogP contribution in [-0.2, 0) is 0 Å². The lowest BCUT2D eigenvalue weighted by atomic mass is 10.0. The highest BCUT2D eigenvalue weighted by Crippen LogP contribution is 2.28. The Morgan fingerprint density at radius 1 is 1.14 bits per heavy atom. The maximum absolute atomic E-state index is 13.7. The quantitative estimate of drug-likeness (QED) is 0.881. The fraction of sp³-hybridized carbons (Fsp3) is 0.294. The third kappa shape index (κ3) is 3.73. The van der Waals surface area contributed by atoms with E-state index in [1.807, 2.05) is 19.1 Å². The normalized spacial score (nSPS) is 12.0. The van der Waals surface area contributed by atoms with Crippen molar-refractivity contribution < 1.29 is 19.0 Å². The maximum Gasteiger partial charge on any atom is 0.165 e. The van der Waals surface area contributed by atoms with Crippen LogP contribution in [0.1, 0.15) is 30.6 Å². The predicted octanol–water partition coefficient (Wildman–Crippen LogP) is 3.70. The topological polar surface area (TPSA) is 38.7 Å². The zero-order valence-corrected chi connectivity index (χ0v) is 12.2. The largest absolute Gasteiger partial charge is 0.494 e. The second-order valence-corrected chi connectivity index (χ2v) is 4.72. The highest BCUT2D eigenvalue weighted by atomic mass is 19.1. The summed E-state index contributed by atoms with van der Waals surface area (Å²) < 4.78 is 24.1. The molecule has 1 N–H and O–H groups in total. The van der Waals surface area contributed by atoms with Gasteiger partial charge >= 0.3 is 0 Å². The number of hydrogen-bond acceptors (Lipinski definition) is 3. The van der Waals surface area contributed by atoms with E-state index in [2.05, 4.69) is 0 Å². The predicted molar refractivity (Wildman–Crippen MR) is 79.2 cm³/mol. The monoisotopic (exact) mass is 290 g/mol. The summed E-state index contributed by atoms with van der Waals surface area (Å²) in [6, 6.07) is 11.6.